The Morgan fingerprint density at radius 1 is 1.39 bits per heavy atom. The number of carbonyl (C=O) groups is 1. The van der Waals surface area contributed by atoms with Gasteiger partial charge in [-0.1, -0.05) is 27.7 Å². The van der Waals surface area contributed by atoms with Gasteiger partial charge in [0.1, 0.15) is 11.6 Å². The number of carbonyl (C=O) groups excluding carboxylic acids is 1. The number of aromatic amines is 1. The van der Waals surface area contributed by atoms with Crippen LogP contribution in [-0.2, 0) is 4.79 Å². The van der Waals surface area contributed by atoms with Gasteiger partial charge in [-0.05, 0) is 18.6 Å². The van der Waals surface area contributed by atoms with Gasteiger partial charge in [-0.15, -0.1) is 0 Å². The number of aryl methyl sites for hydroxylation is 1. The molecule has 102 valence electrons. The van der Waals surface area contributed by atoms with Crippen molar-refractivity contribution in [3.63, 3.8) is 0 Å². The van der Waals surface area contributed by atoms with Crippen LogP contribution in [0.1, 0.15) is 50.9 Å². The van der Waals surface area contributed by atoms with Crippen LogP contribution >= 0.6 is 11.8 Å². The second-order valence-corrected chi connectivity index (χ2v) is 6.70. The molecular weight excluding hydrogens is 244 g/mol. The van der Waals surface area contributed by atoms with E-state index in [1.165, 1.54) is 0 Å². The SMILES string of the molecule is Cc1ncc(C(CC(=O)C(C)C)SCC(C)C)[nH]1. The zero-order valence-corrected chi connectivity index (χ0v) is 12.8. The van der Waals surface area contributed by atoms with Gasteiger partial charge in [-0.3, -0.25) is 4.79 Å². The molecule has 0 radical (unpaired) electrons. The molecule has 0 amide bonds. The first-order valence-electron chi connectivity index (χ1n) is 6.56. The second kappa shape index (κ2) is 6.98. The average molecular weight is 268 g/mol. The van der Waals surface area contributed by atoms with Crippen LogP contribution in [0.25, 0.3) is 0 Å². The number of Topliss-reactive ketones (excluding diaryl/α,β-unsaturated/α-hetero) is 1. The third-order valence-corrected chi connectivity index (χ3v) is 4.41. The molecule has 0 bridgehead atoms. The maximum atomic E-state index is 11.9. The lowest BCUT2D eigenvalue weighted by molar-refractivity contribution is -0.121. The Hall–Kier alpha value is -0.770. The molecule has 0 aliphatic heterocycles. The molecule has 3 nitrogen and oxygen atoms in total. The highest BCUT2D eigenvalue weighted by atomic mass is 32.2. The number of aromatic nitrogens is 2. The Morgan fingerprint density at radius 3 is 2.50 bits per heavy atom. The highest BCUT2D eigenvalue weighted by Gasteiger charge is 2.20. The number of nitrogens with one attached hydrogen (secondary N) is 1. The van der Waals surface area contributed by atoms with E-state index in [-0.39, 0.29) is 11.2 Å². The fraction of sp³-hybridized carbons (Fsp3) is 0.714. The summed E-state index contributed by atoms with van der Waals surface area (Å²) in [7, 11) is 0. The topological polar surface area (TPSA) is 45.8 Å². The molecule has 18 heavy (non-hydrogen) atoms. The van der Waals surface area contributed by atoms with Crippen LogP contribution < -0.4 is 0 Å². The summed E-state index contributed by atoms with van der Waals surface area (Å²) in [6.07, 6.45) is 2.46. The number of thioether (sulfide) groups is 1. The van der Waals surface area contributed by atoms with Crippen LogP contribution in [0.15, 0.2) is 6.20 Å². The largest absolute Gasteiger partial charge is 0.345 e. The number of hydrogen-bond donors (Lipinski definition) is 1. The van der Waals surface area contributed by atoms with Crippen molar-refractivity contribution in [1.82, 2.24) is 9.97 Å². The van der Waals surface area contributed by atoms with Crippen molar-refractivity contribution < 1.29 is 4.79 Å². The first kappa shape index (κ1) is 15.3. The second-order valence-electron chi connectivity index (χ2n) is 5.46. The molecule has 0 aliphatic carbocycles. The lowest BCUT2D eigenvalue weighted by Crippen LogP contribution is -2.12. The van der Waals surface area contributed by atoms with Crippen molar-refractivity contribution in [2.24, 2.45) is 11.8 Å². The van der Waals surface area contributed by atoms with Gasteiger partial charge in [-0.2, -0.15) is 11.8 Å². The Labute approximate surface area is 114 Å². The highest BCUT2D eigenvalue weighted by Crippen LogP contribution is 2.33. The predicted molar refractivity (Wildman–Crippen MR) is 77.8 cm³/mol. The third kappa shape index (κ3) is 4.84. The Bertz CT molecular complexity index is 385. The molecule has 0 spiro atoms. The Balaban J connectivity index is 2.72. The fourth-order valence-corrected chi connectivity index (χ4v) is 2.79. The standard InChI is InChI=1S/C14H24N2OS/c1-9(2)8-18-14(6-13(17)10(3)4)12-7-15-11(5)16-12/h7,9-10,14H,6,8H2,1-5H3,(H,15,16). The summed E-state index contributed by atoms with van der Waals surface area (Å²) in [5.41, 5.74) is 1.08. The number of H-pyrrole nitrogens is 1. The third-order valence-electron chi connectivity index (χ3n) is 2.73. The van der Waals surface area contributed by atoms with E-state index in [1.54, 1.807) is 0 Å². The molecule has 0 fully saturated rings. The van der Waals surface area contributed by atoms with E-state index in [0.29, 0.717) is 18.1 Å². The summed E-state index contributed by atoms with van der Waals surface area (Å²) >= 11 is 1.85. The van der Waals surface area contributed by atoms with E-state index in [2.05, 4.69) is 23.8 Å². The summed E-state index contributed by atoms with van der Waals surface area (Å²) in [5.74, 6) is 3.04. The molecule has 0 saturated heterocycles. The first-order chi connectivity index (χ1) is 8.40. The van der Waals surface area contributed by atoms with E-state index in [1.807, 2.05) is 38.7 Å². The summed E-state index contributed by atoms with van der Waals surface area (Å²) in [5, 5.41) is 0.212. The molecule has 4 heteroatoms. The molecular formula is C14H24N2OS. The molecule has 1 atom stereocenters. The Kier molecular flexibility index (Phi) is 5.93. The van der Waals surface area contributed by atoms with Gasteiger partial charge < -0.3 is 4.98 Å². The van der Waals surface area contributed by atoms with Crippen molar-refractivity contribution in [1.29, 1.82) is 0 Å². The zero-order chi connectivity index (χ0) is 13.7. The van der Waals surface area contributed by atoms with Gasteiger partial charge in [0.2, 0.25) is 0 Å². The number of ketones is 1. The van der Waals surface area contributed by atoms with Gasteiger partial charge in [0.15, 0.2) is 0 Å². The highest BCUT2D eigenvalue weighted by molar-refractivity contribution is 7.99. The summed E-state index contributed by atoms with van der Waals surface area (Å²) < 4.78 is 0. The minimum Gasteiger partial charge on any atom is -0.345 e. The molecule has 1 aromatic rings. The summed E-state index contributed by atoms with van der Waals surface area (Å²) in [6.45, 7) is 10.3. The van der Waals surface area contributed by atoms with E-state index >= 15 is 0 Å². The number of hydrogen-bond acceptors (Lipinski definition) is 3. The van der Waals surface area contributed by atoms with E-state index in [4.69, 9.17) is 0 Å². The molecule has 1 aromatic heterocycles. The van der Waals surface area contributed by atoms with E-state index < -0.39 is 0 Å². The Morgan fingerprint density at radius 2 is 2.06 bits per heavy atom. The molecule has 1 heterocycles. The van der Waals surface area contributed by atoms with Crippen molar-refractivity contribution in [3.8, 4) is 0 Å². The van der Waals surface area contributed by atoms with Crippen LogP contribution in [0.3, 0.4) is 0 Å². The van der Waals surface area contributed by atoms with Gasteiger partial charge in [0.05, 0.1) is 5.25 Å². The van der Waals surface area contributed by atoms with Crippen LogP contribution in [0.2, 0.25) is 0 Å². The molecule has 0 aliphatic rings. The smallest absolute Gasteiger partial charge is 0.136 e. The molecule has 1 unspecified atom stereocenters. The van der Waals surface area contributed by atoms with Crippen LogP contribution in [0.4, 0.5) is 0 Å². The van der Waals surface area contributed by atoms with Crippen molar-refractivity contribution >= 4 is 17.5 Å². The van der Waals surface area contributed by atoms with E-state index in [9.17, 15) is 4.79 Å². The van der Waals surface area contributed by atoms with Crippen molar-refractivity contribution in [3.05, 3.63) is 17.7 Å². The van der Waals surface area contributed by atoms with Gasteiger partial charge in [0, 0.05) is 24.2 Å². The molecule has 1 N–H and O–H groups in total. The minimum absolute atomic E-state index is 0.108. The molecule has 0 aromatic carbocycles. The van der Waals surface area contributed by atoms with Crippen molar-refractivity contribution in [2.45, 2.75) is 46.3 Å². The van der Waals surface area contributed by atoms with Crippen LogP contribution in [0, 0.1) is 18.8 Å². The molecule has 0 saturated carbocycles. The summed E-state index contributed by atoms with van der Waals surface area (Å²) in [6, 6.07) is 0. The number of nitrogens with zero attached hydrogens (tertiary/aromatic N) is 1. The summed E-state index contributed by atoms with van der Waals surface area (Å²) in [4.78, 5) is 19.4. The first-order valence-corrected chi connectivity index (χ1v) is 7.60. The fourth-order valence-electron chi connectivity index (χ4n) is 1.59. The normalized spacial score (nSPS) is 13.3. The minimum atomic E-state index is 0.108. The predicted octanol–water partition coefficient (Wildman–Crippen LogP) is 3.76. The van der Waals surface area contributed by atoms with Gasteiger partial charge >= 0.3 is 0 Å². The number of imidazole rings is 1. The van der Waals surface area contributed by atoms with Crippen molar-refractivity contribution in [2.75, 3.05) is 5.75 Å². The van der Waals surface area contributed by atoms with Crippen LogP contribution in [0.5, 0.6) is 0 Å². The maximum Gasteiger partial charge on any atom is 0.136 e. The maximum absolute atomic E-state index is 11.9. The van der Waals surface area contributed by atoms with Gasteiger partial charge in [-0.25, -0.2) is 4.98 Å². The van der Waals surface area contributed by atoms with Crippen LogP contribution in [-0.4, -0.2) is 21.5 Å². The average Bonchev–Trinajstić information content (AvgIpc) is 2.70. The quantitative estimate of drug-likeness (QED) is 0.819. The molecule has 1 rings (SSSR count). The zero-order valence-electron chi connectivity index (χ0n) is 12.0. The number of rotatable bonds is 7. The van der Waals surface area contributed by atoms with Gasteiger partial charge in [0.25, 0.3) is 0 Å². The lowest BCUT2D eigenvalue weighted by Gasteiger charge is -2.16. The lowest BCUT2D eigenvalue weighted by atomic mass is 10.0. The van der Waals surface area contributed by atoms with E-state index in [0.717, 1.165) is 17.3 Å². The monoisotopic (exact) mass is 268 g/mol.